The first kappa shape index (κ1) is 20.9. The summed E-state index contributed by atoms with van der Waals surface area (Å²) in [4.78, 5) is 17.2. The fourth-order valence-electron chi connectivity index (χ4n) is 4.57. The van der Waals surface area contributed by atoms with Crippen molar-refractivity contribution in [1.82, 2.24) is 19.8 Å². The highest BCUT2D eigenvalue weighted by atomic mass is 32.1. The van der Waals surface area contributed by atoms with Crippen LogP contribution >= 0.6 is 11.3 Å². The molecule has 8 heteroatoms. The lowest BCUT2D eigenvalue weighted by Crippen LogP contribution is -2.36. The summed E-state index contributed by atoms with van der Waals surface area (Å²) in [5, 5.41) is 4.92. The van der Waals surface area contributed by atoms with Gasteiger partial charge in [-0.1, -0.05) is 0 Å². The van der Waals surface area contributed by atoms with Crippen molar-refractivity contribution in [3.63, 3.8) is 0 Å². The van der Waals surface area contributed by atoms with E-state index in [0.717, 1.165) is 68.0 Å². The van der Waals surface area contributed by atoms with Crippen molar-refractivity contribution in [3.8, 4) is 0 Å². The molecular weight excluding hydrogens is 410 g/mol. The highest BCUT2D eigenvalue weighted by molar-refractivity contribution is 7.19. The van der Waals surface area contributed by atoms with Crippen molar-refractivity contribution < 1.29 is 9.15 Å². The molecule has 1 saturated heterocycles. The molecule has 0 aromatic carbocycles. The van der Waals surface area contributed by atoms with Crippen LogP contribution in [0.4, 0.5) is 5.82 Å². The van der Waals surface area contributed by atoms with Gasteiger partial charge in [0.2, 0.25) is 0 Å². The molecule has 1 N–H and O–H groups in total. The highest BCUT2D eigenvalue weighted by Gasteiger charge is 2.24. The molecule has 2 aliphatic rings. The van der Waals surface area contributed by atoms with E-state index in [1.807, 2.05) is 23.5 Å². The summed E-state index contributed by atoms with van der Waals surface area (Å²) < 4.78 is 11.2. The number of aromatic nitrogens is 2. The number of thiophene rings is 1. The molecule has 1 atom stereocenters. The van der Waals surface area contributed by atoms with Gasteiger partial charge in [0.25, 0.3) is 0 Å². The van der Waals surface area contributed by atoms with E-state index in [4.69, 9.17) is 19.1 Å². The molecule has 1 aliphatic carbocycles. The summed E-state index contributed by atoms with van der Waals surface area (Å²) in [7, 11) is 4.17. The van der Waals surface area contributed by atoms with E-state index in [0.29, 0.717) is 0 Å². The Morgan fingerprint density at radius 1 is 1.19 bits per heavy atom. The molecule has 0 saturated carbocycles. The number of hydrogen-bond acceptors (Lipinski definition) is 8. The Hall–Kier alpha value is -2.00. The average Bonchev–Trinajstić information content (AvgIpc) is 3.42. The Kier molecular flexibility index (Phi) is 6.22. The predicted molar refractivity (Wildman–Crippen MR) is 124 cm³/mol. The molecule has 3 aromatic heterocycles. The monoisotopic (exact) mass is 441 g/mol. The average molecular weight is 442 g/mol. The van der Waals surface area contributed by atoms with Crippen LogP contribution in [0.15, 0.2) is 22.8 Å². The van der Waals surface area contributed by atoms with Gasteiger partial charge in [-0.05, 0) is 57.5 Å². The van der Waals surface area contributed by atoms with E-state index in [1.54, 1.807) is 6.26 Å². The topological polar surface area (TPSA) is 66.7 Å². The number of fused-ring (bicyclic) bond motifs is 3. The minimum Gasteiger partial charge on any atom is -0.468 e. The van der Waals surface area contributed by atoms with Gasteiger partial charge in [-0.2, -0.15) is 0 Å². The van der Waals surface area contributed by atoms with Crippen LogP contribution < -0.4 is 5.32 Å². The quantitative estimate of drug-likeness (QED) is 0.599. The Labute approximate surface area is 187 Å². The molecule has 1 aliphatic heterocycles. The van der Waals surface area contributed by atoms with Crippen LogP contribution in [0, 0.1) is 0 Å². The first-order valence-electron chi connectivity index (χ1n) is 11.2. The molecule has 0 spiro atoms. The highest BCUT2D eigenvalue weighted by Crippen LogP contribution is 2.39. The van der Waals surface area contributed by atoms with Gasteiger partial charge in [0.05, 0.1) is 37.4 Å². The zero-order chi connectivity index (χ0) is 21.2. The second-order valence-electron chi connectivity index (χ2n) is 8.64. The van der Waals surface area contributed by atoms with E-state index in [2.05, 4.69) is 29.2 Å². The minimum absolute atomic E-state index is 0.136. The lowest BCUT2D eigenvalue weighted by Gasteiger charge is -2.26. The Morgan fingerprint density at radius 2 is 2.03 bits per heavy atom. The number of anilines is 1. The zero-order valence-corrected chi connectivity index (χ0v) is 19.2. The van der Waals surface area contributed by atoms with Gasteiger partial charge < -0.3 is 14.5 Å². The summed E-state index contributed by atoms with van der Waals surface area (Å²) >= 11 is 1.87. The Bertz CT molecular complexity index is 1010. The largest absolute Gasteiger partial charge is 0.468 e. The third-order valence-corrected chi connectivity index (χ3v) is 7.47. The zero-order valence-electron chi connectivity index (χ0n) is 18.4. The van der Waals surface area contributed by atoms with E-state index < -0.39 is 0 Å². The predicted octanol–water partition coefficient (Wildman–Crippen LogP) is 3.71. The number of hydrogen-bond donors (Lipinski definition) is 1. The van der Waals surface area contributed by atoms with Crippen LogP contribution in [-0.4, -0.2) is 66.7 Å². The molecule has 1 fully saturated rings. The van der Waals surface area contributed by atoms with E-state index >= 15 is 0 Å². The van der Waals surface area contributed by atoms with Crippen LogP contribution in [0.25, 0.3) is 10.2 Å². The Morgan fingerprint density at radius 3 is 2.81 bits per heavy atom. The van der Waals surface area contributed by atoms with Crippen molar-refractivity contribution in [1.29, 1.82) is 0 Å². The van der Waals surface area contributed by atoms with Crippen molar-refractivity contribution in [2.75, 3.05) is 52.3 Å². The first-order chi connectivity index (χ1) is 15.2. The van der Waals surface area contributed by atoms with Crippen molar-refractivity contribution in [2.24, 2.45) is 0 Å². The summed E-state index contributed by atoms with van der Waals surface area (Å²) in [5.41, 5.74) is 1.46. The summed E-state index contributed by atoms with van der Waals surface area (Å²) in [6.07, 6.45) is 6.57. The van der Waals surface area contributed by atoms with Crippen molar-refractivity contribution in [2.45, 2.75) is 38.3 Å². The van der Waals surface area contributed by atoms with E-state index in [1.165, 1.54) is 35.1 Å². The molecule has 5 rings (SSSR count). The summed E-state index contributed by atoms with van der Waals surface area (Å²) in [5.74, 6) is 2.84. The molecule has 31 heavy (non-hydrogen) atoms. The lowest BCUT2D eigenvalue weighted by atomic mass is 9.97. The lowest BCUT2D eigenvalue weighted by molar-refractivity contribution is 0.0331. The number of aryl methyl sites for hydroxylation is 2. The van der Waals surface area contributed by atoms with Gasteiger partial charge in [0.15, 0.2) is 0 Å². The van der Waals surface area contributed by atoms with Gasteiger partial charge in [-0.15, -0.1) is 11.3 Å². The molecule has 3 aromatic rings. The maximum atomic E-state index is 5.70. The number of ether oxygens (including phenoxy) is 1. The van der Waals surface area contributed by atoms with Crippen molar-refractivity contribution in [3.05, 3.63) is 40.4 Å². The van der Waals surface area contributed by atoms with Crippen LogP contribution in [0.3, 0.4) is 0 Å². The summed E-state index contributed by atoms with van der Waals surface area (Å²) in [6, 6.07) is 4.13. The first-order valence-corrected chi connectivity index (χ1v) is 12.1. The maximum absolute atomic E-state index is 5.70. The third-order valence-electron chi connectivity index (χ3n) is 6.29. The van der Waals surface area contributed by atoms with Gasteiger partial charge in [0.1, 0.15) is 22.2 Å². The van der Waals surface area contributed by atoms with Crippen LogP contribution in [0.2, 0.25) is 0 Å². The Balaban J connectivity index is 1.47. The van der Waals surface area contributed by atoms with E-state index in [-0.39, 0.29) is 6.04 Å². The van der Waals surface area contributed by atoms with Crippen molar-refractivity contribution >= 4 is 27.4 Å². The SMILES string of the molecule is CN(C)C(CNc1nc(CN2CCOCC2)nc2sc3c(c12)CCCC3)c1ccco1. The number of nitrogens with one attached hydrogen (secondary N) is 1. The van der Waals surface area contributed by atoms with Gasteiger partial charge >= 0.3 is 0 Å². The molecule has 1 unspecified atom stereocenters. The molecular formula is C23H31N5O2S. The second-order valence-corrected chi connectivity index (χ2v) is 9.73. The van der Waals surface area contributed by atoms with Crippen LogP contribution in [0.1, 0.15) is 40.9 Å². The molecule has 0 amide bonds. The number of likely N-dealkylation sites (N-methyl/N-ethyl adjacent to an activating group) is 1. The second kappa shape index (κ2) is 9.24. The fourth-order valence-corrected chi connectivity index (χ4v) is 5.85. The molecule has 4 heterocycles. The minimum atomic E-state index is 0.136. The normalized spacial score (nSPS) is 18.4. The summed E-state index contributed by atoms with van der Waals surface area (Å²) in [6.45, 7) is 4.95. The van der Waals surface area contributed by atoms with Crippen LogP contribution in [0.5, 0.6) is 0 Å². The molecule has 7 nitrogen and oxygen atoms in total. The smallest absolute Gasteiger partial charge is 0.146 e. The fraction of sp³-hybridized carbons (Fsp3) is 0.565. The maximum Gasteiger partial charge on any atom is 0.146 e. The molecule has 0 bridgehead atoms. The standard InChI is InChI=1S/C23H31N5O2S/c1-27(2)17(18-7-5-11-30-18)14-24-22-21-16-6-3-4-8-19(16)31-23(21)26-20(25-22)15-28-9-12-29-13-10-28/h5,7,11,17H,3-4,6,8-10,12-15H2,1-2H3,(H,24,25,26). The van der Waals surface area contributed by atoms with Crippen LogP contribution in [-0.2, 0) is 24.1 Å². The number of morpholine rings is 1. The van der Waals surface area contributed by atoms with Gasteiger partial charge in [-0.3, -0.25) is 9.80 Å². The van der Waals surface area contributed by atoms with E-state index in [9.17, 15) is 0 Å². The number of nitrogens with zero attached hydrogens (tertiary/aromatic N) is 4. The van der Waals surface area contributed by atoms with Gasteiger partial charge in [0, 0.05) is 24.5 Å². The molecule has 0 radical (unpaired) electrons. The molecule has 166 valence electrons. The number of furan rings is 1. The number of rotatable bonds is 7. The third kappa shape index (κ3) is 4.48. The van der Waals surface area contributed by atoms with Gasteiger partial charge in [-0.25, -0.2) is 9.97 Å².